The molecule has 0 aliphatic rings. The summed E-state index contributed by atoms with van der Waals surface area (Å²) < 4.78 is 5.07. The first-order valence-electron chi connectivity index (χ1n) is 4.95. The van der Waals surface area contributed by atoms with E-state index in [1.165, 1.54) is 0 Å². The fraction of sp³-hybridized carbons (Fsp3) is 0.0833. The molecule has 0 radical (unpaired) electrons. The maximum Gasteiger partial charge on any atom is 0.144 e. The van der Waals surface area contributed by atoms with E-state index in [-0.39, 0.29) is 0 Å². The first-order chi connectivity index (χ1) is 7.88. The van der Waals surface area contributed by atoms with Gasteiger partial charge in [0.15, 0.2) is 0 Å². The van der Waals surface area contributed by atoms with Crippen LogP contribution in [0.3, 0.4) is 0 Å². The van der Waals surface area contributed by atoms with E-state index in [2.05, 4.69) is 15.8 Å². The van der Waals surface area contributed by atoms with E-state index in [0.717, 1.165) is 17.3 Å². The minimum absolute atomic E-state index is 0.776. The van der Waals surface area contributed by atoms with Crippen molar-refractivity contribution >= 4 is 11.5 Å². The summed E-state index contributed by atoms with van der Waals surface area (Å²) in [4.78, 5) is 4.13. The van der Waals surface area contributed by atoms with Crippen molar-refractivity contribution in [2.24, 2.45) is 0 Å². The van der Waals surface area contributed by atoms with Crippen LogP contribution >= 0.6 is 0 Å². The maximum atomic E-state index is 5.07. The molecular formula is C12H13N3O. The number of benzene rings is 1. The van der Waals surface area contributed by atoms with Crippen molar-refractivity contribution in [3.8, 4) is 5.75 Å². The van der Waals surface area contributed by atoms with Gasteiger partial charge in [-0.05, 0) is 36.4 Å². The number of methoxy groups -OCH3 is 1. The molecule has 0 atom stereocenters. The van der Waals surface area contributed by atoms with Crippen molar-refractivity contribution in [3.05, 3.63) is 48.7 Å². The molecule has 0 saturated heterocycles. The van der Waals surface area contributed by atoms with Gasteiger partial charge in [-0.2, -0.15) is 0 Å². The summed E-state index contributed by atoms with van der Waals surface area (Å²) in [5, 5.41) is 0. The van der Waals surface area contributed by atoms with Gasteiger partial charge >= 0.3 is 0 Å². The average molecular weight is 215 g/mol. The molecule has 1 heterocycles. The Labute approximate surface area is 94.3 Å². The molecule has 0 aliphatic carbocycles. The van der Waals surface area contributed by atoms with E-state index in [1.54, 1.807) is 13.3 Å². The topological polar surface area (TPSA) is 46.2 Å². The smallest absolute Gasteiger partial charge is 0.144 e. The van der Waals surface area contributed by atoms with Gasteiger partial charge in [-0.3, -0.25) is 10.9 Å². The molecule has 1 aromatic carbocycles. The minimum atomic E-state index is 0.776. The predicted molar refractivity (Wildman–Crippen MR) is 64.5 cm³/mol. The van der Waals surface area contributed by atoms with Gasteiger partial charge in [0.2, 0.25) is 0 Å². The number of hydrogen-bond acceptors (Lipinski definition) is 4. The lowest BCUT2D eigenvalue weighted by Gasteiger charge is -2.08. The first-order valence-corrected chi connectivity index (χ1v) is 4.95. The molecule has 0 saturated carbocycles. The highest BCUT2D eigenvalue weighted by Gasteiger charge is 1.93. The lowest BCUT2D eigenvalue weighted by atomic mass is 10.3. The second-order valence-electron chi connectivity index (χ2n) is 3.19. The molecule has 0 fully saturated rings. The van der Waals surface area contributed by atoms with Crippen molar-refractivity contribution in [3.63, 3.8) is 0 Å². The standard InChI is InChI=1S/C12H13N3O/c1-16-11-7-5-10(6-8-11)14-15-12-4-2-3-9-13-12/h2-9,14H,1H3,(H,13,15). The number of hydrazine groups is 1. The van der Waals surface area contributed by atoms with E-state index >= 15 is 0 Å². The molecule has 0 spiro atoms. The van der Waals surface area contributed by atoms with E-state index in [4.69, 9.17) is 4.74 Å². The van der Waals surface area contributed by atoms with Crippen molar-refractivity contribution in [2.75, 3.05) is 18.0 Å². The zero-order valence-corrected chi connectivity index (χ0v) is 8.97. The first kappa shape index (κ1) is 10.3. The second kappa shape index (κ2) is 5.02. The van der Waals surface area contributed by atoms with Gasteiger partial charge in [0, 0.05) is 6.20 Å². The van der Waals surface area contributed by atoms with Gasteiger partial charge in [0.25, 0.3) is 0 Å². The molecular weight excluding hydrogens is 202 g/mol. The van der Waals surface area contributed by atoms with Crippen LogP contribution < -0.4 is 15.6 Å². The third-order valence-corrected chi connectivity index (χ3v) is 2.09. The molecule has 2 rings (SSSR count). The third-order valence-electron chi connectivity index (χ3n) is 2.09. The largest absolute Gasteiger partial charge is 0.497 e. The number of aromatic nitrogens is 1. The van der Waals surface area contributed by atoms with Crippen molar-refractivity contribution in [1.82, 2.24) is 4.98 Å². The van der Waals surface area contributed by atoms with Crippen molar-refractivity contribution < 1.29 is 4.74 Å². The van der Waals surface area contributed by atoms with Crippen molar-refractivity contribution in [2.45, 2.75) is 0 Å². The van der Waals surface area contributed by atoms with Crippen LogP contribution in [0, 0.1) is 0 Å². The number of nitrogens with one attached hydrogen (secondary N) is 2. The fourth-order valence-corrected chi connectivity index (χ4v) is 1.25. The molecule has 0 unspecified atom stereocenters. The highest BCUT2D eigenvalue weighted by Crippen LogP contribution is 2.14. The summed E-state index contributed by atoms with van der Waals surface area (Å²) >= 11 is 0. The Bertz CT molecular complexity index is 428. The summed E-state index contributed by atoms with van der Waals surface area (Å²) in [7, 11) is 1.65. The quantitative estimate of drug-likeness (QED) is 0.769. The summed E-state index contributed by atoms with van der Waals surface area (Å²) in [6.45, 7) is 0. The average Bonchev–Trinajstić information content (AvgIpc) is 2.38. The zero-order chi connectivity index (χ0) is 11.2. The number of pyridine rings is 1. The number of ether oxygens (including phenoxy) is 1. The number of nitrogens with zero attached hydrogens (tertiary/aromatic N) is 1. The Morgan fingerprint density at radius 3 is 2.44 bits per heavy atom. The van der Waals surface area contributed by atoms with E-state index < -0.39 is 0 Å². The Balaban J connectivity index is 1.94. The van der Waals surface area contributed by atoms with E-state index in [1.807, 2.05) is 42.5 Å². The third kappa shape index (κ3) is 2.63. The van der Waals surface area contributed by atoms with Crippen LogP contribution in [0.5, 0.6) is 5.75 Å². The number of rotatable bonds is 4. The highest BCUT2D eigenvalue weighted by atomic mass is 16.5. The number of hydrogen-bond donors (Lipinski definition) is 2. The molecule has 0 aliphatic heterocycles. The minimum Gasteiger partial charge on any atom is -0.497 e. The SMILES string of the molecule is COc1ccc(NNc2ccccn2)cc1. The van der Waals surface area contributed by atoms with Crippen LogP contribution in [0.4, 0.5) is 11.5 Å². The van der Waals surface area contributed by atoms with Crippen LogP contribution in [-0.4, -0.2) is 12.1 Å². The lowest BCUT2D eigenvalue weighted by molar-refractivity contribution is 0.415. The molecule has 2 N–H and O–H groups in total. The maximum absolute atomic E-state index is 5.07. The summed E-state index contributed by atoms with van der Waals surface area (Å²) in [6, 6.07) is 13.3. The monoisotopic (exact) mass is 215 g/mol. The lowest BCUT2D eigenvalue weighted by Crippen LogP contribution is -2.09. The molecule has 0 amide bonds. The number of anilines is 2. The zero-order valence-electron chi connectivity index (χ0n) is 8.97. The molecule has 4 heteroatoms. The summed E-state index contributed by atoms with van der Waals surface area (Å²) in [5.74, 6) is 1.61. The van der Waals surface area contributed by atoms with Crippen LogP contribution in [0.1, 0.15) is 0 Å². The van der Waals surface area contributed by atoms with Gasteiger partial charge in [-0.25, -0.2) is 4.98 Å². The van der Waals surface area contributed by atoms with Gasteiger partial charge in [-0.1, -0.05) is 6.07 Å². The molecule has 1 aromatic heterocycles. The second-order valence-corrected chi connectivity index (χ2v) is 3.19. The Morgan fingerprint density at radius 1 is 1.00 bits per heavy atom. The molecule has 2 aromatic rings. The van der Waals surface area contributed by atoms with Gasteiger partial charge in [0.1, 0.15) is 11.6 Å². The fourth-order valence-electron chi connectivity index (χ4n) is 1.25. The highest BCUT2D eigenvalue weighted by molar-refractivity contribution is 5.50. The Morgan fingerprint density at radius 2 is 1.81 bits per heavy atom. The van der Waals surface area contributed by atoms with E-state index in [9.17, 15) is 0 Å². The molecule has 16 heavy (non-hydrogen) atoms. The van der Waals surface area contributed by atoms with Crippen LogP contribution in [0.15, 0.2) is 48.7 Å². The summed E-state index contributed by atoms with van der Waals surface area (Å²) in [5.41, 5.74) is 6.99. The van der Waals surface area contributed by atoms with Gasteiger partial charge < -0.3 is 4.74 Å². The molecule has 0 bridgehead atoms. The molecule has 4 nitrogen and oxygen atoms in total. The van der Waals surface area contributed by atoms with Gasteiger partial charge in [-0.15, -0.1) is 0 Å². The van der Waals surface area contributed by atoms with Crippen molar-refractivity contribution in [1.29, 1.82) is 0 Å². The normalized spacial score (nSPS) is 9.56. The van der Waals surface area contributed by atoms with Gasteiger partial charge in [0.05, 0.1) is 12.8 Å². The molecule has 82 valence electrons. The Hall–Kier alpha value is -2.23. The van der Waals surface area contributed by atoms with Crippen LogP contribution in [0.2, 0.25) is 0 Å². The van der Waals surface area contributed by atoms with Crippen LogP contribution in [0.25, 0.3) is 0 Å². The summed E-state index contributed by atoms with van der Waals surface area (Å²) in [6.07, 6.45) is 1.73. The van der Waals surface area contributed by atoms with Crippen LogP contribution in [-0.2, 0) is 0 Å². The van der Waals surface area contributed by atoms with E-state index in [0.29, 0.717) is 0 Å². The predicted octanol–water partition coefficient (Wildman–Crippen LogP) is 2.53. The Kier molecular flexibility index (Phi) is 3.23.